The molecule has 1 fully saturated rings. The second-order valence-corrected chi connectivity index (χ2v) is 7.75. The Bertz CT molecular complexity index is 862. The minimum Gasteiger partial charge on any atom is -0.466 e. The van der Waals surface area contributed by atoms with Crippen LogP contribution >= 0.6 is 0 Å². The number of carbonyl (C=O) groups excluding carboxylic acids is 4. The Morgan fingerprint density at radius 1 is 0.969 bits per heavy atom. The summed E-state index contributed by atoms with van der Waals surface area (Å²) in [6, 6.07) is 9.65. The molecule has 0 aromatic heterocycles. The van der Waals surface area contributed by atoms with Crippen molar-refractivity contribution in [2.45, 2.75) is 39.0 Å². The van der Waals surface area contributed by atoms with Gasteiger partial charge in [0, 0.05) is 25.9 Å². The number of rotatable bonds is 8. The fourth-order valence-electron chi connectivity index (χ4n) is 3.74. The molecule has 172 valence electrons. The highest BCUT2D eigenvalue weighted by atomic mass is 16.5. The van der Waals surface area contributed by atoms with Gasteiger partial charge in [0.2, 0.25) is 5.91 Å². The minimum atomic E-state index is -0.598. The first-order valence-electron chi connectivity index (χ1n) is 11.0. The van der Waals surface area contributed by atoms with Crippen molar-refractivity contribution < 1.29 is 28.7 Å². The van der Waals surface area contributed by atoms with Crippen LogP contribution in [0.3, 0.4) is 0 Å². The number of carbonyl (C=O) groups is 4. The molecule has 2 heterocycles. The SMILES string of the molecule is CCOC(=O)C1CCN(C(=O)COC(=O)CCC(=O)N2CCC(c3ccccc3)=N2)CC1. The first-order chi connectivity index (χ1) is 15.5. The third-order valence-electron chi connectivity index (χ3n) is 5.56. The first kappa shape index (κ1) is 23.4. The van der Waals surface area contributed by atoms with Gasteiger partial charge in [-0.05, 0) is 25.3 Å². The maximum Gasteiger partial charge on any atom is 0.309 e. The number of ether oxygens (including phenoxy) is 2. The van der Waals surface area contributed by atoms with Crippen LogP contribution in [0.15, 0.2) is 35.4 Å². The van der Waals surface area contributed by atoms with Gasteiger partial charge in [0.1, 0.15) is 0 Å². The Balaban J connectivity index is 1.35. The van der Waals surface area contributed by atoms with Gasteiger partial charge in [-0.3, -0.25) is 19.2 Å². The summed E-state index contributed by atoms with van der Waals surface area (Å²) < 4.78 is 10.1. The van der Waals surface area contributed by atoms with Crippen LogP contribution in [-0.2, 0) is 28.7 Å². The van der Waals surface area contributed by atoms with Gasteiger partial charge in [0.05, 0.1) is 31.2 Å². The van der Waals surface area contributed by atoms with E-state index in [1.54, 1.807) is 11.8 Å². The number of amides is 2. The van der Waals surface area contributed by atoms with E-state index < -0.39 is 5.97 Å². The zero-order chi connectivity index (χ0) is 22.9. The van der Waals surface area contributed by atoms with Crippen LogP contribution in [-0.4, -0.2) is 72.2 Å². The summed E-state index contributed by atoms with van der Waals surface area (Å²) in [5, 5.41) is 5.74. The largest absolute Gasteiger partial charge is 0.466 e. The van der Waals surface area contributed by atoms with E-state index in [1.165, 1.54) is 5.01 Å². The van der Waals surface area contributed by atoms with Gasteiger partial charge in [-0.15, -0.1) is 0 Å². The monoisotopic (exact) mass is 443 g/mol. The molecule has 32 heavy (non-hydrogen) atoms. The molecule has 1 aromatic rings. The van der Waals surface area contributed by atoms with Crippen LogP contribution in [0.5, 0.6) is 0 Å². The Labute approximate surface area is 187 Å². The molecule has 2 aliphatic rings. The average Bonchev–Trinajstić information content (AvgIpc) is 3.32. The van der Waals surface area contributed by atoms with Crippen LogP contribution in [0.1, 0.15) is 44.6 Å². The Hall–Kier alpha value is -3.23. The lowest BCUT2D eigenvalue weighted by Crippen LogP contribution is -2.42. The molecule has 9 heteroatoms. The summed E-state index contributed by atoms with van der Waals surface area (Å²) in [4.78, 5) is 49.9. The lowest BCUT2D eigenvalue weighted by molar-refractivity contribution is -0.155. The molecule has 0 radical (unpaired) electrons. The van der Waals surface area contributed by atoms with E-state index in [-0.39, 0.29) is 43.2 Å². The Morgan fingerprint density at radius 3 is 2.38 bits per heavy atom. The summed E-state index contributed by atoms with van der Waals surface area (Å²) in [6.45, 7) is 3.08. The highest BCUT2D eigenvalue weighted by molar-refractivity contribution is 6.02. The predicted molar refractivity (Wildman–Crippen MR) is 115 cm³/mol. The second-order valence-electron chi connectivity index (χ2n) is 7.75. The lowest BCUT2D eigenvalue weighted by atomic mass is 9.97. The molecule has 0 N–H and O–H groups in total. The molecule has 2 aliphatic heterocycles. The fraction of sp³-hybridized carbons (Fsp3) is 0.522. The van der Waals surface area contributed by atoms with E-state index in [4.69, 9.17) is 9.47 Å². The second kappa shape index (κ2) is 11.4. The number of hydrazone groups is 1. The summed E-state index contributed by atoms with van der Waals surface area (Å²) >= 11 is 0. The Morgan fingerprint density at radius 2 is 1.69 bits per heavy atom. The molecule has 1 saturated heterocycles. The predicted octanol–water partition coefficient (Wildman–Crippen LogP) is 1.75. The average molecular weight is 444 g/mol. The van der Waals surface area contributed by atoms with Crippen molar-refractivity contribution in [1.82, 2.24) is 9.91 Å². The number of hydrogen-bond acceptors (Lipinski definition) is 7. The highest BCUT2D eigenvalue weighted by Gasteiger charge is 2.28. The fourth-order valence-corrected chi connectivity index (χ4v) is 3.74. The smallest absolute Gasteiger partial charge is 0.309 e. The van der Waals surface area contributed by atoms with Crippen molar-refractivity contribution in [2.24, 2.45) is 11.0 Å². The Kier molecular flexibility index (Phi) is 8.35. The van der Waals surface area contributed by atoms with Crippen molar-refractivity contribution in [3.8, 4) is 0 Å². The van der Waals surface area contributed by atoms with Crippen LogP contribution in [0.2, 0.25) is 0 Å². The molecule has 0 spiro atoms. The molecule has 0 saturated carbocycles. The lowest BCUT2D eigenvalue weighted by Gasteiger charge is -2.30. The van der Waals surface area contributed by atoms with Crippen molar-refractivity contribution >= 4 is 29.5 Å². The summed E-state index contributed by atoms with van der Waals surface area (Å²) in [6.07, 6.45) is 1.61. The number of hydrogen-bond donors (Lipinski definition) is 0. The van der Waals surface area contributed by atoms with Gasteiger partial charge in [-0.25, -0.2) is 5.01 Å². The van der Waals surface area contributed by atoms with E-state index in [9.17, 15) is 19.2 Å². The van der Waals surface area contributed by atoms with Crippen molar-refractivity contribution in [3.05, 3.63) is 35.9 Å². The summed E-state index contributed by atoms with van der Waals surface area (Å²) in [7, 11) is 0. The van der Waals surface area contributed by atoms with Gasteiger partial charge >= 0.3 is 11.9 Å². The molecular formula is C23H29N3O6. The summed E-state index contributed by atoms with van der Waals surface area (Å²) in [5.74, 6) is -1.57. The molecule has 2 amide bonds. The third-order valence-corrected chi connectivity index (χ3v) is 5.56. The van der Waals surface area contributed by atoms with Crippen LogP contribution in [0.25, 0.3) is 0 Å². The third kappa shape index (κ3) is 6.38. The molecule has 0 atom stereocenters. The normalized spacial score (nSPS) is 16.5. The van der Waals surface area contributed by atoms with Gasteiger partial charge in [-0.2, -0.15) is 5.10 Å². The van der Waals surface area contributed by atoms with Gasteiger partial charge < -0.3 is 14.4 Å². The van der Waals surface area contributed by atoms with Gasteiger partial charge in [-0.1, -0.05) is 30.3 Å². The van der Waals surface area contributed by atoms with Gasteiger partial charge in [0.15, 0.2) is 6.61 Å². The zero-order valence-electron chi connectivity index (χ0n) is 18.3. The maximum absolute atomic E-state index is 12.3. The number of piperidine rings is 1. The molecule has 0 aliphatic carbocycles. The number of benzene rings is 1. The standard InChI is InChI=1S/C23H29N3O6/c1-2-31-23(30)18-10-13-25(14-11-18)21(28)16-32-22(29)9-8-20(27)26-15-12-19(24-26)17-6-4-3-5-7-17/h3-7,18H,2,8-16H2,1H3. The number of nitrogens with zero attached hydrogens (tertiary/aromatic N) is 3. The van der Waals surface area contributed by atoms with E-state index in [0.717, 1.165) is 11.3 Å². The minimum absolute atomic E-state index is 0.0243. The van der Waals surface area contributed by atoms with Crippen LogP contribution in [0.4, 0.5) is 0 Å². The van der Waals surface area contributed by atoms with Crippen LogP contribution in [0, 0.1) is 5.92 Å². The number of esters is 2. The molecule has 9 nitrogen and oxygen atoms in total. The number of likely N-dealkylation sites (tertiary alicyclic amines) is 1. The molecule has 0 bridgehead atoms. The van der Waals surface area contributed by atoms with Crippen molar-refractivity contribution in [3.63, 3.8) is 0 Å². The summed E-state index contributed by atoms with van der Waals surface area (Å²) in [5.41, 5.74) is 1.82. The molecular weight excluding hydrogens is 414 g/mol. The first-order valence-corrected chi connectivity index (χ1v) is 11.0. The van der Waals surface area contributed by atoms with Crippen LogP contribution < -0.4 is 0 Å². The van der Waals surface area contributed by atoms with E-state index in [2.05, 4.69) is 5.10 Å². The van der Waals surface area contributed by atoms with Crippen molar-refractivity contribution in [2.75, 3.05) is 32.8 Å². The molecule has 1 aromatic carbocycles. The van der Waals surface area contributed by atoms with Crippen molar-refractivity contribution in [1.29, 1.82) is 0 Å². The highest BCUT2D eigenvalue weighted by Crippen LogP contribution is 2.19. The zero-order valence-corrected chi connectivity index (χ0v) is 18.3. The molecule has 0 unspecified atom stereocenters. The van der Waals surface area contributed by atoms with E-state index in [1.807, 2.05) is 30.3 Å². The van der Waals surface area contributed by atoms with Gasteiger partial charge in [0.25, 0.3) is 5.91 Å². The quantitative estimate of drug-likeness (QED) is 0.567. The molecule has 3 rings (SSSR count). The maximum atomic E-state index is 12.3. The van der Waals surface area contributed by atoms with E-state index in [0.29, 0.717) is 45.5 Å². The topological polar surface area (TPSA) is 106 Å². The van der Waals surface area contributed by atoms with E-state index >= 15 is 0 Å².